The molecule has 2 aliphatic carbocycles. The fourth-order valence-corrected chi connectivity index (χ4v) is 5.85. The molecule has 0 radical (unpaired) electrons. The van der Waals surface area contributed by atoms with Gasteiger partial charge in [0, 0.05) is 19.0 Å². The highest BCUT2D eigenvalue weighted by atomic mass is 16.6. The molecule has 2 N–H and O–H groups in total. The van der Waals surface area contributed by atoms with E-state index in [1.54, 1.807) is 12.1 Å². The van der Waals surface area contributed by atoms with Gasteiger partial charge >= 0.3 is 12.1 Å². The summed E-state index contributed by atoms with van der Waals surface area (Å²) in [6.45, 7) is 4.89. The quantitative estimate of drug-likeness (QED) is 0.475. The Balaban J connectivity index is 1.64. The van der Waals surface area contributed by atoms with Crippen LogP contribution in [0.1, 0.15) is 83.6 Å². The highest BCUT2D eigenvalue weighted by molar-refractivity contribution is 5.72. The highest BCUT2D eigenvalue weighted by Gasteiger charge is 2.41. The second-order valence-electron chi connectivity index (χ2n) is 11.2. The van der Waals surface area contributed by atoms with E-state index in [2.05, 4.69) is 10.2 Å². The molecule has 0 aliphatic heterocycles. The number of hydrogen-bond acceptors (Lipinski definition) is 6. The van der Waals surface area contributed by atoms with Gasteiger partial charge in [-0.15, -0.1) is 0 Å². The molecular weight excluding hydrogens is 444 g/mol. The first-order chi connectivity index (χ1) is 16.6. The van der Waals surface area contributed by atoms with E-state index in [9.17, 15) is 14.7 Å². The van der Waals surface area contributed by atoms with Crippen LogP contribution in [0.5, 0.6) is 5.75 Å². The van der Waals surface area contributed by atoms with Crippen LogP contribution in [0, 0.1) is 11.3 Å². The number of amides is 1. The van der Waals surface area contributed by atoms with Crippen molar-refractivity contribution in [2.45, 2.75) is 89.8 Å². The number of carbonyl (C=O) groups is 2. The third-order valence-corrected chi connectivity index (χ3v) is 7.57. The Bertz CT molecular complexity index is 850. The fraction of sp³-hybridized carbons (Fsp3) is 0.714. The molecule has 0 bridgehead atoms. The second kappa shape index (κ2) is 12.2. The van der Waals surface area contributed by atoms with Crippen LogP contribution in [0.2, 0.25) is 0 Å². The van der Waals surface area contributed by atoms with E-state index in [4.69, 9.17) is 9.47 Å². The number of nitrogens with one attached hydrogen (secondary N) is 1. The van der Waals surface area contributed by atoms with Gasteiger partial charge in [-0.05, 0) is 76.7 Å². The van der Waals surface area contributed by atoms with Gasteiger partial charge in [-0.1, -0.05) is 44.2 Å². The number of rotatable bonds is 9. The van der Waals surface area contributed by atoms with Crippen LogP contribution in [-0.4, -0.2) is 55.4 Å². The number of hydrogen-bond donors (Lipinski definition) is 2. The van der Waals surface area contributed by atoms with Crippen molar-refractivity contribution in [3.05, 3.63) is 29.8 Å². The van der Waals surface area contributed by atoms with Crippen LogP contribution in [0.25, 0.3) is 0 Å². The molecule has 1 aromatic carbocycles. The lowest BCUT2D eigenvalue weighted by atomic mass is 9.71. The zero-order valence-electron chi connectivity index (χ0n) is 22.0. The molecule has 1 amide bonds. The molecular formula is C28H44N2O5. The van der Waals surface area contributed by atoms with Crippen molar-refractivity contribution in [1.82, 2.24) is 10.2 Å². The van der Waals surface area contributed by atoms with Gasteiger partial charge in [-0.3, -0.25) is 4.79 Å². The fourth-order valence-electron chi connectivity index (χ4n) is 5.85. The lowest BCUT2D eigenvalue weighted by Gasteiger charge is -2.41. The second-order valence-corrected chi connectivity index (χ2v) is 11.2. The van der Waals surface area contributed by atoms with Crippen molar-refractivity contribution >= 4 is 12.1 Å². The van der Waals surface area contributed by atoms with E-state index in [-0.39, 0.29) is 23.4 Å². The predicted octanol–water partition coefficient (Wildman–Crippen LogP) is 5.01. The summed E-state index contributed by atoms with van der Waals surface area (Å²) in [4.78, 5) is 27.2. The van der Waals surface area contributed by atoms with Crippen molar-refractivity contribution in [1.29, 1.82) is 0 Å². The maximum Gasteiger partial charge on any atom is 0.412 e. The number of esters is 1. The molecule has 0 saturated heterocycles. The average Bonchev–Trinajstić information content (AvgIpc) is 2.79. The molecule has 196 valence electrons. The largest absolute Gasteiger partial charge is 0.463 e. The molecule has 0 aromatic heterocycles. The summed E-state index contributed by atoms with van der Waals surface area (Å²) in [5, 5.41) is 14.5. The molecule has 1 aromatic rings. The van der Waals surface area contributed by atoms with Gasteiger partial charge in [-0.2, -0.15) is 0 Å². The van der Waals surface area contributed by atoms with Crippen molar-refractivity contribution in [3.63, 3.8) is 0 Å². The van der Waals surface area contributed by atoms with E-state index in [0.717, 1.165) is 63.5 Å². The highest BCUT2D eigenvalue weighted by Crippen LogP contribution is 2.43. The number of aliphatic hydroxyl groups is 1. The van der Waals surface area contributed by atoms with Crippen molar-refractivity contribution in [2.24, 2.45) is 11.3 Å². The number of carbonyl (C=O) groups excluding carboxylic acids is 2. The van der Waals surface area contributed by atoms with Crippen LogP contribution in [0.3, 0.4) is 0 Å². The van der Waals surface area contributed by atoms with E-state index >= 15 is 0 Å². The molecule has 3 rings (SSSR count). The number of ether oxygens (including phenoxy) is 2. The lowest BCUT2D eigenvalue weighted by Crippen LogP contribution is -2.43. The normalized spacial score (nSPS) is 24.3. The van der Waals surface area contributed by atoms with Crippen LogP contribution in [0.4, 0.5) is 4.79 Å². The average molecular weight is 489 g/mol. The standard InChI is InChI=1S/C28H44N2O5/c1-21(2)34-25(31)18-27(14-7-5-8-15-27)20-29-26(32)35-24-13-10-12-22(17-24)28(33)16-9-6-11-23(28)19-30(3)4/h10,12-13,17,21,23,33H,5-9,11,14-16,18-20H2,1-4H3,(H,29,32)/t23-,28+/m1/s1. The molecule has 7 heteroatoms. The summed E-state index contributed by atoms with van der Waals surface area (Å²) in [7, 11) is 4.06. The van der Waals surface area contributed by atoms with Gasteiger partial charge in [0.05, 0.1) is 18.1 Å². The van der Waals surface area contributed by atoms with Crippen molar-refractivity contribution in [2.75, 3.05) is 27.2 Å². The van der Waals surface area contributed by atoms with Crippen LogP contribution in [-0.2, 0) is 15.1 Å². The molecule has 2 fully saturated rings. The minimum absolute atomic E-state index is 0.132. The Morgan fingerprint density at radius 3 is 2.51 bits per heavy atom. The Kier molecular flexibility index (Phi) is 9.59. The van der Waals surface area contributed by atoms with E-state index in [1.807, 2.05) is 40.1 Å². The Morgan fingerprint density at radius 2 is 1.83 bits per heavy atom. The molecule has 2 saturated carbocycles. The topological polar surface area (TPSA) is 88.1 Å². The summed E-state index contributed by atoms with van der Waals surface area (Å²) >= 11 is 0. The minimum Gasteiger partial charge on any atom is -0.463 e. The van der Waals surface area contributed by atoms with Gasteiger partial charge in [0.15, 0.2) is 0 Å². The summed E-state index contributed by atoms with van der Waals surface area (Å²) in [6.07, 6.45) is 8.40. The third-order valence-electron chi connectivity index (χ3n) is 7.57. The zero-order chi connectivity index (χ0) is 25.5. The molecule has 7 nitrogen and oxygen atoms in total. The summed E-state index contributed by atoms with van der Waals surface area (Å²) in [5.41, 5.74) is -0.419. The zero-order valence-corrected chi connectivity index (χ0v) is 22.0. The van der Waals surface area contributed by atoms with Crippen LogP contribution < -0.4 is 10.1 Å². The molecule has 0 unspecified atom stereocenters. The molecule has 2 aliphatic rings. The monoisotopic (exact) mass is 488 g/mol. The van der Waals surface area contributed by atoms with Crippen LogP contribution >= 0.6 is 0 Å². The van der Waals surface area contributed by atoms with E-state index in [1.165, 1.54) is 0 Å². The van der Waals surface area contributed by atoms with Crippen molar-refractivity contribution < 1.29 is 24.2 Å². The SMILES string of the molecule is CC(C)OC(=O)CC1(CNC(=O)Oc2cccc([C@@]3(O)CCCC[C@@H]3CN(C)C)c2)CCCCC1. The Morgan fingerprint density at radius 1 is 1.11 bits per heavy atom. The first-order valence-electron chi connectivity index (χ1n) is 13.2. The number of benzene rings is 1. The Hall–Kier alpha value is -2.12. The van der Waals surface area contributed by atoms with Gasteiger partial charge in [0.2, 0.25) is 0 Å². The first kappa shape index (κ1) is 27.5. The lowest BCUT2D eigenvalue weighted by molar-refractivity contribution is -0.150. The maximum atomic E-state index is 12.7. The predicted molar refractivity (Wildman–Crippen MR) is 136 cm³/mol. The summed E-state index contributed by atoms with van der Waals surface area (Å²) in [6, 6.07) is 7.30. The summed E-state index contributed by atoms with van der Waals surface area (Å²) in [5.74, 6) is 0.337. The number of nitrogens with zero attached hydrogens (tertiary/aromatic N) is 1. The maximum absolute atomic E-state index is 12.7. The van der Waals surface area contributed by atoms with E-state index < -0.39 is 11.7 Å². The third kappa shape index (κ3) is 7.68. The molecule has 2 atom stereocenters. The van der Waals surface area contributed by atoms with E-state index in [0.29, 0.717) is 25.1 Å². The Labute approximate surface area is 210 Å². The molecule has 0 spiro atoms. The smallest absolute Gasteiger partial charge is 0.412 e. The van der Waals surface area contributed by atoms with Crippen molar-refractivity contribution in [3.8, 4) is 5.75 Å². The van der Waals surface area contributed by atoms with Gasteiger partial charge in [-0.25, -0.2) is 4.79 Å². The minimum atomic E-state index is -0.929. The van der Waals surface area contributed by atoms with Crippen LogP contribution in [0.15, 0.2) is 24.3 Å². The van der Waals surface area contributed by atoms with Gasteiger partial charge in [0.1, 0.15) is 5.75 Å². The summed E-state index contributed by atoms with van der Waals surface area (Å²) < 4.78 is 11.0. The van der Waals surface area contributed by atoms with Gasteiger partial charge < -0.3 is 24.8 Å². The molecule has 35 heavy (non-hydrogen) atoms. The first-order valence-corrected chi connectivity index (χ1v) is 13.2. The van der Waals surface area contributed by atoms with Gasteiger partial charge in [0.25, 0.3) is 0 Å². The molecule has 0 heterocycles.